The highest BCUT2D eigenvalue weighted by molar-refractivity contribution is 7.10. The van der Waals surface area contributed by atoms with Gasteiger partial charge in [-0.05, 0) is 29.5 Å². The zero-order valence-corrected chi connectivity index (χ0v) is 10.9. The molecule has 0 unspecified atom stereocenters. The van der Waals surface area contributed by atoms with Gasteiger partial charge >= 0.3 is 5.69 Å². The van der Waals surface area contributed by atoms with Crippen LogP contribution in [0.5, 0.6) is 0 Å². The fourth-order valence-electron chi connectivity index (χ4n) is 2.26. The molecule has 0 bridgehead atoms. The van der Waals surface area contributed by atoms with E-state index in [2.05, 4.69) is 16.4 Å². The summed E-state index contributed by atoms with van der Waals surface area (Å²) >= 11 is 1.73. The fourth-order valence-corrected chi connectivity index (χ4v) is 3.15. The zero-order chi connectivity index (χ0) is 13.4. The van der Waals surface area contributed by atoms with Crippen LogP contribution in [-0.2, 0) is 13.0 Å². The lowest BCUT2D eigenvalue weighted by atomic mass is 10.1. The van der Waals surface area contributed by atoms with Crippen molar-refractivity contribution in [1.29, 1.82) is 0 Å². The Bertz CT molecular complexity index is 640. The molecule has 1 aliphatic heterocycles. The van der Waals surface area contributed by atoms with Gasteiger partial charge in [-0.2, -0.15) is 0 Å². The lowest BCUT2D eigenvalue weighted by Crippen LogP contribution is -2.30. The van der Waals surface area contributed by atoms with E-state index in [1.165, 1.54) is 22.6 Å². The predicted octanol–water partition coefficient (Wildman–Crippen LogP) is 2.20. The Morgan fingerprint density at radius 1 is 1.42 bits per heavy atom. The number of nitrogens with two attached hydrogens (primary N) is 1. The summed E-state index contributed by atoms with van der Waals surface area (Å²) in [7, 11) is 0. The van der Waals surface area contributed by atoms with E-state index >= 15 is 0 Å². The summed E-state index contributed by atoms with van der Waals surface area (Å²) in [5.41, 5.74) is 6.88. The standard InChI is InChI=1S/C12H12N4O2S/c13-11-2-1-9(16(17)18)12(14-11)15-5-3-10-8(7-15)4-6-19-10/h1-2,4,6H,3,5,7H2,(H2,13,14). The van der Waals surface area contributed by atoms with Crippen LogP contribution in [0.15, 0.2) is 23.6 Å². The lowest BCUT2D eigenvalue weighted by molar-refractivity contribution is -0.384. The first-order valence-electron chi connectivity index (χ1n) is 5.86. The summed E-state index contributed by atoms with van der Waals surface area (Å²) in [6.45, 7) is 1.38. The summed E-state index contributed by atoms with van der Waals surface area (Å²) in [6.07, 6.45) is 0.890. The van der Waals surface area contributed by atoms with Gasteiger partial charge in [0.05, 0.1) is 4.92 Å². The molecule has 0 spiro atoms. The molecule has 7 heteroatoms. The monoisotopic (exact) mass is 276 g/mol. The fraction of sp³-hybridized carbons (Fsp3) is 0.250. The number of rotatable bonds is 2. The third-order valence-corrected chi connectivity index (χ3v) is 4.20. The Balaban J connectivity index is 1.99. The molecule has 3 rings (SSSR count). The Morgan fingerprint density at radius 2 is 2.26 bits per heavy atom. The van der Waals surface area contributed by atoms with E-state index < -0.39 is 4.92 Å². The van der Waals surface area contributed by atoms with Crippen LogP contribution < -0.4 is 10.6 Å². The second-order valence-electron chi connectivity index (χ2n) is 4.38. The summed E-state index contributed by atoms with van der Waals surface area (Å²) in [5, 5.41) is 13.1. The third kappa shape index (κ3) is 2.12. The minimum atomic E-state index is -0.412. The van der Waals surface area contributed by atoms with E-state index in [0.29, 0.717) is 18.2 Å². The summed E-state index contributed by atoms with van der Waals surface area (Å²) in [6, 6.07) is 4.94. The summed E-state index contributed by atoms with van der Waals surface area (Å²) < 4.78 is 0. The molecule has 0 fully saturated rings. The van der Waals surface area contributed by atoms with Crippen molar-refractivity contribution in [3.8, 4) is 0 Å². The molecular formula is C12H12N4O2S. The van der Waals surface area contributed by atoms with Gasteiger partial charge in [0.25, 0.3) is 0 Å². The minimum Gasteiger partial charge on any atom is -0.384 e. The van der Waals surface area contributed by atoms with Gasteiger partial charge in [0.2, 0.25) is 5.82 Å². The van der Waals surface area contributed by atoms with Gasteiger partial charge in [-0.3, -0.25) is 10.1 Å². The van der Waals surface area contributed by atoms with Crippen molar-refractivity contribution >= 4 is 28.7 Å². The molecule has 0 radical (unpaired) electrons. The van der Waals surface area contributed by atoms with Gasteiger partial charge < -0.3 is 10.6 Å². The third-order valence-electron chi connectivity index (χ3n) is 3.18. The Kier molecular flexibility index (Phi) is 2.83. The molecule has 2 N–H and O–H groups in total. The van der Waals surface area contributed by atoms with Crippen molar-refractivity contribution in [3.05, 3.63) is 44.1 Å². The number of aromatic nitrogens is 1. The van der Waals surface area contributed by atoms with Gasteiger partial charge in [-0.1, -0.05) is 0 Å². The van der Waals surface area contributed by atoms with E-state index in [1.807, 2.05) is 4.90 Å². The second-order valence-corrected chi connectivity index (χ2v) is 5.38. The van der Waals surface area contributed by atoms with Crippen LogP contribution in [0, 0.1) is 10.1 Å². The van der Waals surface area contributed by atoms with Crippen molar-refractivity contribution < 1.29 is 4.92 Å². The van der Waals surface area contributed by atoms with Gasteiger partial charge in [0.1, 0.15) is 5.82 Å². The molecule has 2 aromatic heterocycles. The molecule has 2 aromatic rings. The first-order chi connectivity index (χ1) is 9.15. The average molecular weight is 276 g/mol. The number of nitrogen functional groups attached to an aromatic ring is 1. The van der Waals surface area contributed by atoms with Crippen LogP contribution in [-0.4, -0.2) is 16.5 Å². The average Bonchev–Trinajstić information content (AvgIpc) is 2.85. The van der Waals surface area contributed by atoms with Crippen LogP contribution in [0.3, 0.4) is 0 Å². The molecule has 1 aliphatic rings. The number of hydrogen-bond donors (Lipinski definition) is 1. The first-order valence-corrected chi connectivity index (χ1v) is 6.74. The summed E-state index contributed by atoms with van der Waals surface area (Å²) in [5.74, 6) is 0.665. The molecule has 6 nitrogen and oxygen atoms in total. The lowest BCUT2D eigenvalue weighted by Gasteiger charge is -2.27. The molecule has 98 valence electrons. The molecule has 0 aromatic carbocycles. The van der Waals surface area contributed by atoms with E-state index in [-0.39, 0.29) is 5.69 Å². The van der Waals surface area contributed by atoms with Crippen molar-refractivity contribution in [2.24, 2.45) is 0 Å². The highest BCUT2D eigenvalue weighted by Gasteiger charge is 2.25. The van der Waals surface area contributed by atoms with Crippen LogP contribution in [0.25, 0.3) is 0 Å². The second kappa shape index (κ2) is 4.51. The van der Waals surface area contributed by atoms with Crippen molar-refractivity contribution in [1.82, 2.24) is 4.98 Å². The van der Waals surface area contributed by atoms with Gasteiger partial charge in [-0.25, -0.2) is 4.98 Å². The molecule has 3 heterocycles. The topological polar surface area (TPSA) is 85.3 Å². The molecule has 0 amide bonds. The highest BCUT2D eigenvalue weighted by Crippen LogP contribution is 2.32. The minimum absolute atomic E-state index is 0.00730. The SMILES string of the molecule is Nc1ccc([N+](=O)[O-])c(N2CCc3sccc3C2)n1. The largest absolute Gasteiger partial charge is 0.384 e. The zero-order valence-electron chi connectivity index (χ0n) is 10.1. The number of hydrogen-bond acceptors (Lipinski definition) is 6. The maximum atomic E-state index is 11.1. The molecular weight excluding hydrogens is 264 g/mol. The molecule has 19 heavy (non-hydrogen) atoms. The van der Waals surface area contributed by atoms with Crippen LogP contribution in [0.1, 0.15) is 10.4 Å². The highest BCUT2D eigenvalue weighted by atomic mass is 32.1. The number of nitro groups is 1. The normalized spacial score (nSPS) is 14.2. The Hall–Kier alpha value is -2.15. The predicted molar refractivity (Wildman–Crippen MR) is 74.4 cm³/mol. The van der Waals surface area contributed by atoms with Crippen LogP contribution in [0.2, 0.25) is 0 Å². The molecule has 0 saturated heterocycles. The van der Waals surface area contributed by atoms with Crippen molar-refractivity contribution in [2.75, 3.05) is 17.2 Å². The van der Waals surface area contributed by atoms with E-state index in [4.69, 9.17) is 5.73 Å². The molecule has 0 aliphatic carbocycles. The van der Waals surface area contributed by atoms with Gasteiger partial charge in [-0.15, -0.1) is 11.3 Å². The van der Waals surface area contributed by atoms with E-state index in [0.717, 1.165) is 13.0 Å². The number of anilines is 2. The number of fused-ring (bicyclic) bond motifs is 1. The van der Waals surface area contributed by atoms with Crippen molar-refractivity contribution in [2.45, 2.75) is 13.0 Å². The number of pyridine rings is 1. The molecule has 0 saturated carbocycles. The van der Waals surface area contributed by atoms with Gasteiger partial charge in [0, 0.05) is 24.0 Å². The van der Waals surface area contributed by atoms with Crippen LogP contribution in [0.4, 0.5) is 17.3 Å². The van der Waals surface area contributed by atoms with Gasteiger partial charge in [0.15, 0.2) is 0 Å². The quantitative estimate of drug-likeness (QED) is 0.671. The van der Waals surface area contributed by atoms with Crippen LogP contribution >= 0.6 is 11.3 Å². The number of nitrogens with zero attached hydrogens (tertiary/aromatic N) is 3. The van der Waals surface area contributed by atoms with E-state index in [1.54, 1.807) is 11.3 Å². The first kappa shape index (κ1) is 11.9. The van der Waals surface area contributed by atoms with E-state index in [9.17, 15) is 10.1 Å². The Morgan fingerprint density at radius 3 is 3.05 bits per heavy atom. The van der Waals surface area contributed by atoms with Crippen molar-refractivity contribution in [3.63, 3.8) is 0 Å². The number of thiophene rings is 1. The maximum absolute atomic E-state index is 11.1. The maximum Gasteiger partial charge on any atom is 0.311 e. The smallest absolute Gasteiger partial charge is 0.311 e. The Labute approximate surface area is 113 Å². The summed E-state index contributed by atoms with van der Waals surface area (Å²) in [4.78, 5) is 18.1. The molecule has 0 atom stereocenters.